The fourth-order valence-corrected chi connectivity index (χ4v) is 2.56. The molecule has 1 aliphatic rings. The zero-order valence-electron chi connectivity index (χ0n) is 11.9. The third kappa shape index (κ3) is 2.06. The van der Waals surface area contributed by atoms with Crippen LogP contribution in [0.25, 0.3) is 11.3 Å². The lowest BCUT2D eigenvalue weighted by molar-refractivity contribution is 0.404. The van der Waals surface area contributed by atoms with Crippen LogP contribution in [0.4, 0.5) is 5.82 Å². The molecule has 0 amide bonds. The van der Waals surface area contributed by atoms with Crippen molar-refractivity contribution in [1.29, 1.82) is 5.41 Å². The number of anilines is 1. The molecule has 2 heterocycles. The molecule has 1 aromatic carbocycles. The number of nitrogens with one attached hydrogen (secondary N) is 2. The van der Waals surface area contributed by atoms with Crippen LogP contribution >= 0.6 is 0 Å². The van der Waals surface area contributed by atoms with Crippen molar-refractivity contribution in [2.75, 3.05) is 26.1 Å². The van der Waals surface area contributed by atoms with E-state index in [0.717, 1.165) is 41.4 Å². The molecule has 0 radical (unpaired) electrons. The van der Waals surface area contributed by atoms with Crippen LogP contribution < -0.4 is 20.5 Å². The number of hydrogen-bond acceptors (Lipinski definition) is 5. The number of ether oxygens (including phenoxy) is 2. The second kappa shape index (κ2) is 5.01. The van der Waals surface area contributed by atoms with Crippen LogP contribution in [0.3, 0.4) is 0 Å². The number of rotatable bonds is 3. The maximum Gasteiger partial charge on any atom is 0.215 e. The molecule has 7 nitrogen and oxygen atoms in total. The molecule has 0 aliphatic carbocycles. The third-order valence-corrected chi connectivity index (χ3v) is 3.54. The fourth-order valence-electron chi connectivity index (χ4n) is 2.56. The minimum atomic E-state index is -0.117. The number of methoxy groups -OCH3 is 2. The van der Waals surface area contributed by atoms with Crippen LogP contribution in [0.1, 0.15) is 5.56 Å². The molecule has 0 spiro atoms. The van der Waals surface area contributed by atoms with E-state index in [-0.39, 0.29) is 5.96 Å². The number of hydrogen-bond donors (Lipinski definition) is 3. The molecule has 0 saturated heterocycles. The Bertz CT molecular complexity index is 708. The normalized spacial score (nSPS) is 12.7. The van der Waals surface area contributed by atoms with Gasteiger partial charge in [-0.15, -0.1) is 0 Å². The molecule has 0 saturated carbocycles. The van der Waals surface area contributed by atoms with Gasteiger partial charge in [-0.3, -0.25) is 5.41 Å². The molecule has 3 rings (SSSR count). The van der Waals surface area contributed by atoms with Gasteiger partial charge in [-0.05, 0) is 24.6 Å². The minimum Gasteiger partial charge on any atom is -0.497 e. The smallest absolute Gasteiger partial charge is 0.215 e. The number of fused-ring (bicyclic) bond motifs is 1. The predicted octanol–water partition coefficient (Wildman–Crippen LogP) is 1.28. The van der Waals surface area contributed by atoms with Gasteiger partial charge >= 0.3 is 0 Å². The van der Waals surface area contributed by atoms with Gasteiger partial charge in [0.05, 0.1) is 14.2 Å². The molecule has 1 aliphatic heterocycles. The summed E-state index contributed by atoms with van der Waals surface area (Å²) in [5.74, 6) is 2.10. The zero-order chi connectivity index (χ0) is 15.0. The molecule has 0 unspecified atom stereocenters. The van der Waals surface area contributed by atoms with E-state index in [1.807, 2.05) is 18.2 Å². The van der Waals surface area contributed by atoms with Crippen molar-refractivity contribution in [1.82, 2.24) is 9.78 Å². The van der Waals surface area contributed by atoms with Crippen molar-refractivity contribution in [2.24, 2.45) is 5.73 Å². The largest absolute Gasteiger partial charge is 0.497 e. The van der Waals surface area contributed by atoms with E-state index in [2.05, 4.69) is 10.4 Å². The van der Waals surface area contributed by atoms with Crippen LogP contribution in [0.2, 0.25) is 0 Å². The molecule has 4 N–H and O–H groups in total. The molecule has 0 atom stereocenters. The quantitative estimate of drug-likeness (QED) is 0.583. The van der Waals surface area contributed by atoms with Crippen LogP contribution in [-0.2, 0) is 6.42 Å². The van der Waals surface area contributed by atoms with Crippen molar-refractivity contribution in [3.05, 3.63) is 23.8 Å². The van der Waals surface area contributed by atoms with E-state index in [1.54, 1.807) is 14.2 Å². The van der Waals surface area contributed by atoms with E-state index in [0.29, 0.717) is 5.75 Å². The third-order valence-electron chi connectivity index (χ3n) is 3.54. The fraction of sp³-hybridized carbons (Fsp3) is 0.286. The average Bonchev–Trinajstić information content (AvgIpc) is 3.08. The lowest BCUT2D eigenvalue weighted by atomic mass is 10.1. The first-order valence-corrected chi connectivity index (χ1v) is 6.58. The Morgan fingerprint density at radius 1 is 1.38 bits per heavy atom. The van der Waals surface area contributed by atoms with E-state index in [1.165, 1.54) is 4.68 Å². The van der Waals surface area contributed by atoms with E-state index >= 15 is 0 Å². The number of benzene rings is 1. The number of aromatic nitrogens is 2. The maximum absolute atomic E-state index is 7.64. The van der Waals surface area contributed by atoms with Crippen LogP contribution in [0.5, 0.6) is 11.5 Å². The summed E-state index contributed by atoms with van der Waals surface area (Å²) in [5, 5.41) is 15.3. The van der Waals surface area contributed by atoms with Gasteiger partial charge in [0, 0.05) is 17.7 Å². The Hall–Kier alpha value is -2.70. The van der Waals surface area contributed by atoms with Gasteiger partial charge in [-0.1, -0.05) is 0 Å². The Kier molecular flexibility index (Phi) is 3.17. The highest BCUT2D eigenvalue weighted by atomic mass is 16.5. The summed E-state index contributed by atoms with van der Waals surface area (Å²) in [7, 11) is 3.23. The van der Waals surface area contributed by atoms with Crippen molar-refractivity contribution in [3.63, 3.8) is 0 Å². The Labute approximate surface area is 122 Å². The summed E-state index contributed by atoms with van der Waals surface area (Å²) in [5.41, 5.74) is 8.23. The summed E-state index contributed by atoms with van der Waals surface area (Å²) < 4.78 is 12.1. The first kappa shape index (κ1) is 13.3. The Balaban J connectivity index is 2.21. The second-order valence-corrected chi connectivity index (χ2v) is 4.72. The molecule has 21 heavy (non-hydrogen) atoms. The van der Waals surface area contributed by atoms with Crippen LogP contribution in [-0.4, -0.2) is 36.5 Å². The highest BCUT2D eigenvalue weighted by molar-refractivity contribution is 5.85. The molecule has 110 valence electrons. The lowest BCUT2D eigenvalue weighted by Gasteiger charge is -2.09. The lowest BCUT2D eigenvalue weighted by Crippen LogP contribution is -2.23. The SMILES string of the molecule is COc1ccc(OC)c(-c2nn(C(=N)N)c3c2CCN3)c1. The van der Waals surface area contributed by atoms with Gasteiger partial charge in [-0.25, -0.2) is 0 Å². The average molecular weight is 287 g/mol. The highest BCUT2D eigenvalue weighted by Gasteiger charge is 2.26. The number of nitrogen functional groups attached to an aromatic ring is 1. The molecular formula is C14H17N5O2. The first-order chi connectivity index (χ1) is 10.2. The summed E-state index contributed by atoms with van der Waals surface area (Å²) >= 11 is 0. The van der Waals surface area contributed by atoms with Gasteiger partial charge in [0.2, 0.25) is 5.96 Å². The molecule has 7 heteroatoms. The zero-order valence-corrected chi connectivity index (χ0v) is 11.9. The van der Waals surface area contributed by atoms with Gasteiger partial charge in [0.25, 0.3) is 0 Å². The highest BCUT2D eigenvalue weighted by Crippen LogP contribution is 2.38. The standard InChI is InChI=1S/C14H17N5O2/c1-20-8-3-4-11(21-2)10(7-8)12-9-5-6-17-13(9)19(18-12)14(15)16/h3-4,7,17H,5-6H2,1-2H3,(H3,15,16). The molecule has 2 aromatic rings. The second-order valence-electron chi connectivity index (χ2n) is 4.72. The first-order valence-electron chi connectivity index (χ1n) is 6.58. The monoisotopic (exact) mass is 287 g/mol. The van der Waals surface area contributed by atoms with Crippen molar-refractivity contribution in [2.45, 2.75) is 6.42 Å². The van der Waals surface area contributed by atoms with Crippen molar-refractivity contribution in [3.8, 4) is 22.8 Å². The van der Waals surface area contributed by atoms with Gasteiger partial charge in [0.1, 0.15) is 23.0 Å². The Morgan fingerprint density at radius 3 is 2.86 bits per heavy atom. The summed E-state index contributed by atoms with van der Waals surface area (Å²) in [6, 6.07) is 5.56. The predicted molar refractivity (Wildman–Crippen MR) is 80.3 cm³/mol. The van der Waals surface area contributed by atoms with E-state index in [4.69, 9.17) is 20.6 Å². The Morgan fingerprint density at radius 2 is 2.19 bits per heavy atom. The van der Waals surface area contributed by atoms with E-state index < -0.39 is 0 Å². The van der Waals surface area contributed by atoms with Crippen LogP contribution in [0.15, 0.2) is 18.2 Å². The summed E-state index contributed by atoms with van der Waals surface area (Å²) in [6.45, 7) is 0.805. The van der Waals surface area contributed by atoms with Gasteiger partial charge < -0.3 is 20.5 Å². The number of nitrogens with two attached hydrogens (primary N) is 1. The van der Waals surface area contributed by atoms with E-state index in [9.17, 15) is 0 Å². The topological polar surface area (TPSA) is 98.2 Å². The summed E-state index contributed by atoms with van der Waals surface area (Å²) in [4.78, 5) is 0. The molecule has 0 fully saturated rings. The van der Waals surface area contributed by atoms with Crippen molar-refractivity contribution >= 4 is 11.8 Å². The minimum absolute atomic E-state index is 0.117. The molecule has 1 aromatic heterocycles. The van der Waals surface area contributed by atoms with Gasteiger partial charge in [0.15, 0.2) is 0 Å². The molecular weight excluding hydrogens is 270 g/mol. The van der Waals surface area contributed by atoms with Crippen LogP contribution in [0, 0.1) is 5.41 Å². The van der Waals surface area contributed by atoms with Crippen molar-refractivity contribution < 1.29 is 9.47 Å². The summed E-state index contributed by atoms with van der Waals surface area (Å²) in [6.07, 6.45) is 0.832. The maximum atomic E-state index is 7.64. The number of nitrogens with zero attached hydrogens (tertiary/aromatic N) is 2. The molecule has 0 bridgehead atoms. The van der Waals surface area contributed by atoms with Gasteiger partial charge in [-0.2, -0.15) is 9.78 Å².